The SMILES string of the molecule is O=C(O)O.[Nd]. The monoisotopic (exact) mass is 204 g/mol. The number of carbonyl (C=O) groups is 1. The third kappa shape index (κ3) is 82.4. The number of rotatable bonds is 0. The van der Waals surface area contributed by atoms with Crippen LogP contribution < -0.4 is 0 Å². The number of hydrogen-bond donors (Lipinski definition) is 2. The molecule has 0 fully saturated rings. The van der Waals surface area contributed by atoms with Gasteiger partial charge in [-0.05, 0) is 0 Å². The Hall–Kier alpha value is 0.621. The maximum absolute atomic E-state index is 8.56. The summed E-state index contributed by atoms with van der Waals surface area (Å²) in [5.41, 5.74) is 0. The third-order valence-electron chi connectivity index (χ3n) is 0. The second-order valence-corrected chi connectivity index (χ2v) is 0.283. The molecule has 0 amide bonds. The molecule has 0 saturated heterocycles. The summed E-state index contributed by atoms with van der Waals surface area (Å²) in [5.74, 6) is 0. The molecule has 0 saturated carbocycles. The quantitative estimate of drug-likeness (QED) is 0.596. The molecule has 0 heterocycles. The molecule has 0 aliphatic heterocycles. The topological polar surface area (TPSA) is 57.5 Å². The van der Waals surface area contributed by atoms with Crippen LogP contribution in [-0.4, -0.2) is 16.4 Å². The molecule has 0 bridgehead atoms. The van der Waals surface area contributed by atoms with Gasteiger partial charge in [0.2, 0.25) is 0 Å². The van der Waals surface area contributed by atoms with Crippen LogP contribution in [0, 0.1) is 40.8 Å². The Morgan fingerprint density at radius 1 is 1.40 bits per heavy atom. The predicted molar refractivity (Wildman–Crippen MR) is 10.7 cm³/mol. The van der Waals surface area contributed by atoms with Gasteiger partial charge in [-0.2, -0.15) is 0 Å². The molecule has 5 heavy (non-hydrogen) atoms. The molecule has 0 aromatic rings. The maximum Gasteiger partial charge on any atom is 0.503 e. The molecule has 0 aliphatic rings. The van der Waals surface area contributed by atoms with Gasteiger partial charge >= 0.3 is 6.16 Å². The van der Waals surface area contributed by atoms with Crippen molar-refractivity contribution >= 4 is 6.16 Å². The summed E-state index contributed by atoms with van der Waals surface area (Å²) in [6.07, 6.45) is -1.83. The molecule has 2 N–H and O–H groups in total. The van der Waals surface area contributed by atoms with E-state index in [4.69, 9.17) is 15.0 Å². The Balaban J connectivity index is 0. The third-order valence-corrected chi connectivity index (χ3v) is 0. The smallest absolute Gasteiger partial charge is 0.450 e. The molecule has 0 rings (SSSR count). The summed E-state index contributed by atoms with van der Waals surface area (Å²) in [4.78, 5) is 8.56. The van der Waals surface area contributed by atoms with Gasteiger partial charge in [0.25, 0.3) is 0 Å². The first-order valence-corrected chi connectivity index (χ1v) is 0.651. The van der Waals surface area contributed by atoms with Crippen molar-refractivity contribution < 1.29 is 55.8 Å². The summed E-state index contributed by atoms with van der Waals surface area (Å²) >= 11 is 0. The van der Waals surface area contributed by atoms with Crippen LogP contribution in [0.5, 0.6) is 0 Å². The van der Waals surface area contributed by atoms with Gasteiger partial charge < -0.3 is 10.2 Å². The van der Waals surface area contributed by atoms with E-state index in [-0.39, 0.29) is 40.8 Å². The molecule has 0 radical (unpaired) electrons. The first kappa shape index (κ1) is 9.15. The second kappa shape index (κ2) is 4.62. The predicted octanol–water partition coefficient (Wildman–Crippen LogP) is 0.222. The van der Waals surface area contributed by atoms with E-state index in [1.807, 2.05) is 0 Å². The fraction of sp³-hybridized carbons (Fsp3) is 0. The van der Waals surface area contributed by atoms with Gasteiger partial charge in [0.1, 0.15) is 0 Å². The molecule has 0 aliphatic carbocycles. The second-order valence-electron chi connectivity index (χ2n) is 0.283. The van der Waals surface area contributed by atoms with Crippen LogP contribution in [0.4, 0.5) is 4.79 Å². The van der Waals surface area contributed by atoms with Gasteiger partial charge in [0, 0.05) is 40.8 Å². The van der Waals surface area contributed by atoms with Crippen molar-refractivity contribution in [2.24, 2.45) is 0 Å². The van der Waals surface area contributed by atoms with Crippen LogP contribution in [0.3, 0.4) is 0 Å². The zero-order chi connectivity index (χ0) is 3.58. The minimum absolute atomic E-state index is 0. The molecule has 0 unspecified atom stereocenters. The molecule has 28 valence electrons. The van der Waals surface area contributed by atoms with E-state index >= 15 is 0 Å². The van der Waals surface area contributed by atoms with Crippen molar-refractivity contribution in [3.63, 3.8) is 0 Å². The molecule has 4 heteroatoms. The van der Waals surface area contributed by atoms with Gasteiger partial charge in [0.15, 0.2) is 0 Å². The van der Waals surface area contributed by atoms with Gasteiger partial charge in [-0.15, -0.1) is 0 Å². The number of hydrogen-bond acceptors (Lipinski definition) is 1. The van der Waals surface area contributed by atoms with Crippen molar-refractivity contribution in [2.75, 3.05) is 0 Å². The van der Waals surface area contributed by atoms with Gasteiger partial charge in [0.05, 0.1) is 0 Å². The molecular weight excluding hydrogens is 204 g/mol. The molecule has 0 aromatic heterocycles. The van der Waals surface area contributed by atoms with Crippen molar-refractivity contribution in [1.82, 2.24) is 0 Å². The first-order chi connectivity index (χ1) is 1.73. The Kier molecular flexibility index (Phi) is 8.46. The summed E-state index contributed by atoms with van der Waals surface area (Å²) in [7, 11) is 0. The molecule has 3 nitrogen and oxygen atoms in total. The van der Waals surface area contributed by atoms with Crippen LogP contribution in [0.1, 0.15) is 0 Å². The fourth-order valence-electron chi connectivity index (χ4n) is 0. The van der Waals surface area contributed by atoms with Gasteiger partial charge in [-0.1, -0.05) is 0 Å². The number of carboxylic acid groups (broad SMARTS) is 2. The van der Waals surface area contributed by atoms with Crippen LogP contribution in [0.25, 0.3) is 0 Å². The molecule has 0 spiro atoms. The minimum atomic E-state index is -1.83. The van der Waals surface area contributed by atoms with E-state index in [9.17, 15) is 0 Å². The van der Waals surface area contributed by atoms with E-state index in [0.29, 0.717) is 0 Å². The Morgan fingerprint density at radius 3 is 1.40 bits per heavy atom. The Morgan fingerprint density at radius 2 is 1.40 bits per heavy atom. The Labute approximate surface area is 61.5 Å². The zero-order valence-corrected chi connectivity index (χ0v) is 5.51. The van der Waals surface area contributed by atoms with E-state index in [0.717, 1.165) is 0 Å². The minimum Gasteiger partial charge on any atom is -0.450 e. The van der Waals surface area contributed by atoms with Crippen LogP contribution in [0.15, 0.2) is 0 Å². The first-order valence-electron chi connectivity index (χ1n) is 0.651. The van der Waals surface area contributed by atoms with E-state index in [1.54, 1.807) is 0 Å². The normalized spacial score (nSPS) is 4.80. The standard InChI is InChI=1S/CH2O3.Nd/c2-1(3)4;/h(H2,2,3,4);. The van der Waals surface area contributed by atoms with Crippen molar-refractivity contribution in [3.05, 3.63) is 0 Å². The van der Waals surface area contributed by atoms with Crippen LogP contribution in [0.2, 0.25) is 0 Å². The van der Waals surface area contributed by atoms with Crippen LogP contribution >= 0.6 is 0 Å². The summed E-state index contributed by atoms with van der Waals surface area (Å²) < 4.78 is 0. The van der Waals surface area contributed by atoms with E-state index in [1.165, 1.54) is 0 Å². The van der Waals surface area contributed by atoms with E-state index < -0.39 is 6.16 Å². The molecular formula is CH2NdO3. The van der Waals surface area contributed by atoms with Crippen LogP contribution in [-0.2, 0) is 0 Å². The van der Waals surface area contributed by atoms with Crippen molar-refractivity contribution in [1.29, 1.82) is 0 Å². The molecule has 0 atom stereocenters. The summed E-state index contributed by atoms with van der Waals surface area (Å²) in [6, 6.07) is 0. The summed E-state index contributed by atoms with van der Waals surface area (Å²) in [6.45, 7) is 0. The average molecular weight is 206 g/mol. The Bertz CT molecular complexity index is 29.9. The van der Waals surface area contributed by atoms with Gasteiger partial charge in [-0.3, -0.25) is 0 Å². The van der Waals surface area contributed by atoms with Crippen molar-refractivity contribution in [3.8, 4) is 0 Å². The largest absolute Gasteiger partial charge is 0.503 e. The summed E-state index contributed by atoms with van der Waals surface area (Å²) in [5, 5.41) is 13.9. The molecule has 0 aromatic carbocycles. The fourth-order valence-corrected chi connectivity index (χ4v) is 0. The van der Waals surface area contributed by atoms with Gasteiger partial charge in [-0.25, -0.2) is 4.79 Å². The van der Waals surface area contributed by atoms with Crippen molar-refractivity contribution in [2.45, 2.75) is 0 Å². The average Bonchev–Trinajstić information content (AvgIpc) is 0.811. The maximum atomic E-state index is 8.56. The van der Waals surface area contributed by atoms with E-state index in [2.05, 4.69) is 0 Å². The zero-order valence-electron chi connectivity index (χ0n) is 2.30.